The van der Waals surface area contributed by atoms with Crippen molar-refractivity contribution in [2.75, 3.05) is 27.2 Å². The molecule has 0 saturated heterocycles. The zero-order chi connectivity index (χ0) is 16.5. The normalized spacial score (nSPS) is 11.0. The second-order valence-electron chi connectivity index (χ2n) is 4.71. The van der Waals surface area contributed by atoms with Gasteiger partial charge in [0.1, 0.15) is 0 Å². The first-order valence-corrected chi connectivity index (χ1v) is 7.46. The van der Waals surface area contributed by atoms with Crippen LogP contribution in [0.3, 0.4) is 0 Å². The van der Waals surface area contributed by atoms with Gasteiger partial charge in [0.15, 0.2) is 5.96 Å². The molecule has 0 unspecified atom stereocenters. The SMILES string of the molecule is C=CCNC(=NCc1ccc(Cl)cc1Cl)NCC(=O)N(C)C. The fourth-order valence-electron chi connectivity index (χ4n) is 1.47. The Morgan fingerprint density at radius 2 is 2.09 bits per heavy atom. The Hall–Kier alpha value is -1.72. The molecule has 0 aliphatic rings. The topological polar surface area (TPSA) is 56.7 Å². The molecule has 1 aromatic rings. The summed E-state index contributed by atoms with van der Waals surface area (Å²) >= 11 is 12.0. The first kappa shape index (κ1) is 18.3. The Bertz CT molecular complexity index is 558. The number of nitrogens with zero attached hydrogens (tertiary/aromatic N) is 2. The summed E-state index contributed by atoms with van der Waals surface area (Å²) in [4.78, 5) is 17.5. The largest absolute Gasteiger partial charge is 0.353 e. The first-order valence-electron chi connectivity index (χ1n) is 6.71. The highest BCUT2D eigenvalue weighted by molar-refractivity contribution is 6.35. The second-order valence-corrected chi connectivity index (χ2v) is 5.56. The molecule has 0 fully saturated rings. The van der Waals surface area contributed by atoms with Crippen molar-refractivity contribution < 1.29 is 4.79 Å². The maximum Gasteiger partial charge on any atom is 0.241 e. The van der Waals surface area contributed by atoms with Crippen LogP contribution >= 0.6 is 23.2 Å². The van der Waals surface area contributed by atoms with Crippen LogP contribution in [0.4, 0.5) is 0 Å². The highest BCUT2D eigenvalue weighted by atomic mass is 35.5. The first-order chi connectivity index (χ1) is 10.4. The number of hydrogen-bond acceptors (Lipinski definition) is 2. The van der Waals surface area contributed by atoms with Crippen LogP contribution in [0.15, 0.2) is 35.8 Å². The van der Waals surface area contributed by atoms with Gasteiger partial charge >= 0.3 is 0 Å². The third-order valence-electron chi connectivity index (χ3n) is 2.74. The summed E-state index contributed by atoms with van der Waals surface area (Å²) in [7, 11) is 3.40. The van der Waals surface area contributed by atoms with Gasteiger partial charge in [0.05, 0.1) is 13.1 Å². The van der Waals surface area contributed by atoms with E-state index in [1.165, 1.54) is 4.90 Å². The molecule has 0 saturated carbocycles. The molecule has 0 spiro atoms. The molecule has 0 bridgehead atoms. The Morgan fingerprint density at radius 3 is 2.68 bits per heavy atom. The van der Waals surface area contributed by atoms with E-state index in [4.69, 9.17) is 23.2 Å². The lowest BCUT2D eigenvalue weighted by Gasteiger charge is -2.14. The van der Waals surface area contributed by atoms with Crippen LogP contribution in [0.1, 0.15) is 5.56 Å². The third kappa shape index (κ3) is 6.37. The summed E-state index contributed by atoms with van der Waals surface area (Å²) < 4.78 is 0. The van der Waals surface area contributed by atoms with Gasteiger partial charge in [-0.25, -0.2) is 4.99 Å². The monoisotopic (exact) mass is 342 g/mol. The Kier molecular flexibility index (Phi) is 7.77. The van der Waals surface area contributed by atoms with Gasteiger partial charge in [0.2, 0.25) is 5.91 Å². The van der Waals surface area contributed by atoms with Gasteiger partial charge < -0.3 is 15.5 Å². The number of halogens is 2. The molecule has 0 aliphatic heterocycles. The fourth-order valence-corrected chi connectivity index (χ4v) is 1.94. The second kappa shape index (κ2) is 9.33. The number of guanidine groups is 1. The molecule has 0 heterocycles. The highest BCUT2D eigenvalue weighted by Gasteiger charge is 2.06. The summed E-state index contributed by atoms with van der Waals surface area (Å²) in [5, 5.41) is 7.15. The van der Waals surface area contributed by atoms with Gasteiger partial charge in [-0.2, -0.15) is 0 Å². The van der Waals surface area contributed by atoms with Gasteiger partial charge in [-0.1, -0.05) is 35.3 Å². The molecule has 120 valence electrons. The van der Waals surface area contributed by atoms with Crippen molar-refractivity contribution in [1.82, 2.24) is 15.5 Å². The lowest BCUT2D eigenvalue weighted by molar-refractivity contribution is -0.127. The molecule has 0 aromatic heterocycles. The van der Waals surface area contributed by atoms with E-state index in [1.54, 1.807) is 32.3 Å². The van der Waals surface area contributed by atoms with Crippen LogP contribution in [0.2, 0.25) is 10.0 Å². The van der Waals surface area contributed by atoms with Crippen molar-refractivity contribution in [3.63, 3.8) is 0 Å². The van der Waals surface area contributed by atoms with Crippen molar-refractivity contribution >= 4 is 35.1 Å². The predicted molar refractivity (Wildman–Crippen MR) is 92.5 cm³/mol. The van der Waals surface area contributed by atoms with Gasteiger partial charge in [-0.05, 0) is 17.7 Å². The molecule has 5 nitrogen and oxygen atoms in total. The minimum atomic E-state index is -0.0439. The lowest BCUT2D eigenvalue weighted by Crippen LogP contribution is -2.43. The molecule has 1 amide bonds. The zero-order valence-corrected chi connectivity index (χ0v) is 14.2. The number of aliphatic imine (C=N–C) groups is 1. The summed E-state index contributed by atoms with van der Waals surface area (Å²) in [5.74, 6) is 0.471. The van der Waals surface area contributed by atoms with E-state index < -0.39 is 0 Å². The molecule has 0 radical (unpaired) electrons. The lowest BCUT2D eigenvalue weighted by atomic mass is 10.2. The fraction of sp³-hybridized carbons (Fsp3) is 0.333. The van der Waals surface area contributed by atoms with Gasteiger partial charge in [0.25, 0.3) is 0 Å². The predicted octanol–water partition coefficient (Wildman–Crippen LogP) is 2.30. The molecule has 0 atom stereocenters. The van der Waals surface area contributed by atoms with Crippen LogP contribution in [0.25, 0.3) is 0 Å². The minimum absolute atomic E-state index is 0.0439. The number of amides is 1. The van der Waals surface area contributed by atoms with Crippen molar-refractivity contribution in [2.45, 2.75) is 6.54 Å². The molecule has 7 heteroatoms. The quantitative estimate of drug-likeness (QED) is 0.473. The number of likely N-dealkylation sites (N-methyl/N-ethyl adjacent to an activating group) is 1. The van der Waals surface area contributed by atoms with Gasteiger partial charge in [-0.3, -0.25) is 4.79 Å². The van der Waals surface area contributed by atoms with E-state index in [1.807, 2.05) is 6.07 Å². The van der Waals surface area contributed by atoms with Crippen LogP contribution < -0.4 is 10.6 Å². The summed E-state index contributed by atoms with van der Waals surface area (Å²) in [6.07, 6.45) is 1.71. The Balaban J connectivity index is 2.72. The van der Waals surface area contributed by atoms with Gasteiger partial charge in [-0.15, -0.1) is 6.58 Å². The minimum Gasteiger partial charge on any atom is -0.353 e. The molecular weight excluding hydrogens is 323 g/mol. The van der Waals surface area contributed by atoms with Crippen molar-refractivity contribution in [3.05, 3.63) is 46.5 Å². The summed E-state index contributed by atoms with van der Waals surface area (Å²) in [6.45, 7) is 4.71. The summed E-state index contributed by atoms with van der Waals surface area (Å²) in [6, 6.07) is 5.26. The van der Waals surface area contributed by atoms with Crippen molar-refractivity contribution in [1.29, 1.82) is 0 Å². The van der Waals surface area contributed by atoms with E-state index in [0.29, 0.717) is 29.1 Å². The molecule has 0 aliphatic carbocycles. The van der Waals surface area contributed by atoms with Crippen LogP contribution in [-0.4, -0.2) is 44.0 Å². The molecule has 2 N–H and O–H groups in total. The number of carbonyl (C=O) groups is 1. The molecular formula is C15H20Cl2N4O. The third-order valence-corrected chi connectivity index (χ3v) is 3.33. The van der Waals surface area contributed by atoms with E-state index in [9.17, 15) is 4.79 Å². The number of nitrogens with one attached hydrogen (secondary N) is 2. The molecule has 1 rings (SSSR count). The Labute approximate surface area is 141 Å². The van der Waals surface area contributed by atoms with E-state index in [0.717, 1.165) is 5.56 Å². The highest BCUT2D eigenvalue weighted by Crippen LogP contribution is 2.21. The maximum absolute atomic E-state index is 11.6. The molecule has 22 heavy (non-hydrogen) atoms. The number of hydrogen-bond donors (Lipinski definition) is 2. The number of benzene rings is 1. The zero-order valence-electron chi connectivity index (χ0n) is 12.7. The summed E-state index contributed by atoms with van der Waals surface area (Å²) in [5.41, 5.74) is 0.852. The standard InChI is InChI=1S/C15H20Cl2N4O/c1-4-7-18-15(20-10-14(22)21(2)3)19-9-11-5-6-12(16)8-13(11)17/h4-6,8H,1,7,9-10H2,2-3H3,(H2,18,19,20). The maximum atomic E-state index is 11.6. The van der Waals surface area contributed by atoms with Crippen molar-refractivity contribution in [2.24, 2.45) is 4.99 Å². The average Bonchev–Trinajstić information content (AvgIpc) is 2.47. The molecule has 1 aromatic carbocycles. The van der Waals surface area contributed by atoms with Crippen LogP contribution in [-0.2, 0) is 11.3 Å². The van der Waals surface area contributed by atoms with Crippen LogP contribution in [0.5, 0.6) is 0 Å². The van der Waals surface area contributed by atoms with Crippen LogP contribution in [0, 0.1) is 0 Å². The average molecular weight is 343 g/mol. The number of carbonyl (C=O) groups excluding carboxylic acids is 1. The van der Waals surface area contributed by atoms with Gasteiger partial charge in [0, 0.05) is 30.7 Å². The van der Waals surface area contributed by atoms with E-state index in [2.05, 4.69) is 22.2 Å². The smallest absolute Gasteiger partial charge is 0.241 e. The van der Waals surface area contributed by atoms with Crippen molar-refractivity contribution in [3.8, 4) is 0 Å². The van der Waals surface area contributed by atoms with E-state index >= 15 is 0 Å². The van der Waals surface area contributed by atoms with E-state index in [-0.39, 0.29) is 12.5 Å². The number of rotatable bonds is 6. The Morgan fingerprint density at radius 1 is 1.36 bits per heavy atom.